The lowest BCUT2D eigenvalue weighted by atomic mass is 9.78. The van der Waals surface area contributed by atoms with Crippen molar-refractivity contribution >= 4 is 5.97 Å². The van der Waals surface area contributed by atoms with E-state index in [9.17, 15) is 18.0 Å². The van der Waals surface area contributed by atoms with Gasteiger partial charge < -0.3 is 9.47 Å². The number of benzene rings is 2. The Bertz CT molecular complexity index is 1010. The number of hydrogen-bond donors (Lipinski definition) is 0. The van der Waals surface area contributed by atoms with Gasteiger partial charge in [0.2, 0.25) is 0 Å². The summed E-state index contributed by atoms with van der Waals surface area (Å²) in [6.45, 7) is 2.74. The minimum absolute atomic E-state index is 0.198. The van der Waals surface area contributed by atoms with Crippen LogP contribution >= 0.6 is 0 Å². The van der Waals surface area contributed by atoms with Crippen molar-refractivity contribution in [3.63, 3.8) is 0 Å². The number of esters is 1. The second-order valence-corrected chi connectivity index (χ2v) is 8.71. The van der Waals surface area contributed by atoms with Gasteiger partial charge in [-0.2, -0.15) is 13.2 Å². The number of fused-ring (bicyclic) bond motifs is 2. The number of halogens is 3. The topological polar surface area (TPSA) is 38.8 Å². The van der Waals surface area contributed by atoms with Gasteiger partial charge in [0.15, 0.2) is 0 Å². The second kappa shape index (κ2) is 9.21. The van der Waals surface area contributed by atoms with Gasteiger partial charge in [0.1, 0.15) is 5.75 Å². The summed E-state index contributed by atoms with van der Waals surface area (Å²) < 4.78 is 49.9. The number of hydrogen-bond acceptors (Lipinski definition) is 4. The van der Waals surface area contributed by atoms with Crippen molar-refractivity contribution in [2.75, 3.05) is 13.7 Å². The molecular formula is C26H28F3NO3. The van der Waals surface area contributed by atoms with E-state index in [2.05, 4.69) is 4.90 Å². The van der Waals surface area contributed by atoms with E-state index in [0.717, 1.165) is 53.8 Å². The summed E-state index contributed by atoms with van der Waals surface area (Å²) >= 11 is 0. The van der Waals surface area contributed by atoms with Crippen molar-refractivity contribution in [3.8, 4) is 5.75 Å². The van der Waals surface area contributed by atoms with E-state index < -0.39 is 17.3 Å². The van der Waals surface area contributed by atoms with Gasteiger partial charge in [-0.15, -0.1) is 0 Å². The van der Waals surface area contributed by atoms with E-state index in [1.54, 1.807) is 32.2 Å². The van der Waals surface area contributed by atoms with E-state index >= 15 is 0 Å². The lowest BCUT2D eigenvalue weighted by molar-refractivity contribution is -0.138. The molecule has 0 N–H and O–H groups in total. The van der Waals surface area contributed by atoms with Crippen molar-refractivity contribution in [2.45, 2.75) is 56.9 Å². The first-order valence-corrected chi connectivity index (χ1v) is 11.2. The number of ether oxygens (including phenoxy) is 2. The summed E-state index contributed by atoms with van der Waals surface area (Å²) in [6, 6.07) is 13.6. The summed E-state index contributed by atoms with van der Waals surface area (Å²) in [4.78, 5) is 14.5. The zero-order valence-corrected chi connectivity index (χ0v) is 18.8. The van der Waals surface area contributed by atoms with Crippen LogP contribution in [0.15, 0.2) is 60.2 Å². The molecule has 2 atom stereocenters. The first kappa shape index (κ1) is 23.4. The van der Waals surface area contributed by atoms with Gasteiger partial charge in [-0.05, 0) is 68.0 Å². The molecule has 2 bridgehead atoms. The van der Waals surface area contributed by atoms with Gasteiger partial charge in [-0.25, -0.2) is 4.79 Å². The summed E-state index contributed by atoms with van der Waals surface area (Å²) in [5.41, 5.74) is 1.82. The van der Waals surface area contributed by atoms with Crippen LogP contribution in [0.5, 0.6) is 5.75 Å². The fourth-order valence-corrected chi connectivity index (χ4v) is 5.26. The maximum absolute atomic E-state index is 13.2. The number of alkyl halides is 3. The lowest BCUT2D eigenvalue weighted by Gasteiger charge is -2.46. The minimum atomic E-state index is -4.38. The van der Waals surface area contributed by atoms with E-state index in [-0.39, 0.29) is 12.0 Å². The molecule has 7 heteroatoms. The predicted octanol–water partition coefficient (Wildman–Crippen LogP) is 5.86. The molecule has 2 heterocycles. The summed E-state index contributed by atoms with van der Waals surface area (Å²) in [5.74, 6) is 0.413. The Labute approximate surface area is 192 Å². The molecule has 4 nitrogen and oxygen atoms in total. The standard InChI is InChI=1S/C26H28F3NO3/c1-3-33-24(31)15-19-14-22-12-13-25(16-19,20-6-8-21(9-7-20)26(27,28)29)30(22)17-18-4-10-23(32-2)11-5-18/h4-11,15,22H,3,12-14,16-17H2,1-2H3/b19-15-/t22-,25+/m1/s1. The fraction of sp³-hybridized carbons (Fsp3) is 0.423. The SMILES string of the molecule is CCOC(=O)/C=C1/C[C@H]2CC[C@@](c3ccc(C(F)(F)F)cc3)(C1)N2Cc1ccc(OC)cc1. The lowest BCUT2D eigenvalue weighted by Crippen LogP contribution is -2.48. The molecule has 2 aromatic rings. The van der Waals surface area contributed by atoms with Gasteiger partial charge in [0, 0.05) is 18.7 Å². The number of rotatable bonds is 6. The molecular weight excluding hydrogens is 431 g/mol. The first-order chi connectivity index (χ1) is 15.7. The summed E-state index contributed by atoms with van der Waals surface area (Å²) in [5, 5.41) is 0. The van der Waals surface area contributed by atoms with Crippen molar-refractivity contribution < 1.29 is 27.4 Å². The number of carbonyl (C=O) groups is 1. The number of nitrogens with zero attached hydrogens (tertiary/aromatic N) is 1. The Morgan fingerprint density at radius 1 is 1.15 bits per heavy atom. The molecule has 4 rings (SSSR count). The third-order valence-corrected chi connectivity index (χ3v) is 6.77. The number of carbonyl (C=O) groups excluding carboxylic acids is 1. The molecule has 0 spiro atoms. The van der Waals surface area contributed by atoms with E-state index in [4.69, 9.17) is 9.47 Å². The van der Waals surface area contributed by atoms with Gasteiger partial charge in [-0.1, -0.05) is 29.8 Å². The highest BCUT2D eigenvalue weighted by molar-refractivity contribution is 5.83. The third-order valence-electron chi connectivity index (χ3n) is 6.77. The zero-order chi connectivity index (χ0) is 23.6. The number of piperidine rings is 1. The van der Waals surface area contributed by atoms with Crippen LogP contribution in [0.3, 0.4) is 0 Å². The Hall–Kier alpha value is -2.80. The van der Waals surface area contributed by atoms with E-state index in [0.29, 0.717) is 19.6 Å². The second-order valence-electron chi connectivity index (χ2n) is 8.71. The van der Waals surface area contributed by atoms with Crippen molar-refractivity contribution in [3.05, 3.63) is 76.9 Å². The molecule has 2 saturated heterocycles. The van der Waals surface area contributed by atoms with Crippen LogP contribution in [0.2, 0.25) is 0 Å². The highest BCUT2D eigenvalue weighted by atomic mass is 19.4. The Morgan fingerprint density at radius 2 is 1.85 bits per heavy atom. The molecule has 0 unspecified atom stereocenters. The zero-order valence-electron chi connectivity index (χ0n) is 18.8. The van der Waals surface area contributed by atoms with Crippen LogP contribution in [-0.4, -0.2) is 30.6 Å². The Balaban J connectivity index is 1.70. The first-order valence-electron chi connectivity index (χ1n) is 11.2. The average Bonchev–Trinajstić information content (AvgIpc) is 2.99. The number of methoxy groups -OCH3 is 1. The highest BCUT2D eigenvalue weighted by Gasteiger charge is 2.51. The molecule has 176 valence electrons. The molecule has 0 saturated carbocycles. The van der Waals surface area contributed by atoms with Crippen molar-refractivity contribution in [2.24, 2.45) is 0 Å². The Morgan fingerprint density at radius 3 is 2.45 bits per heavy atom. The van der Waals surface area contributed by atoms with E-state index in [1.807, 2.05) is 24.3 Å². The Kier molecular flexibility index (Phi) is 6.52. The third kappa shape index (κ3) is 4.78. The largest absolute Gasteiger partial charge is 0.497 e. The van der Waals surface area contributed by atoms with Gasteiger partial charge in [-0.3, -0.25) is 4.90 Å². The van der Waals surface area contributed by atoms with Gasteiger partial charge in [0.25, 0.3) is 0 Å². The quantitative estimate of drug-likeness (QED) is 0.401. The maximum atomic E-state index is 13.2. The van der Waals surface area contributed by atoms with Crippen LogP contribution in [0.4, 0.5) is 13.2 Å². The molecule has 2 aromatic carbocycles. The molecule has 0 radical (unpaired) electrons. The van der Waals surface area contributed by atoms with Crippen LogP contribution in [0.1, 0.15) is 49.3 Å². The van der Waals surface area contributed by atoms with Crippen LogP contribution in [-0.2, 0) is 27.8 Å². The van der Waals surface area contributed by atoms with Crippen LogP contribution in [0.25, 0.3) is 0 Å². The van der Waals surface area contributed by atoms with Crippen LogP contribution < -0.4 is 4.74 Å². The molecule has 2 fully saturated rings. The smallest absolute Gasteiger partial charge is 0.416 e. The minimum Gasteiger partial charge on any atom is -0.497 e. The van der Waals surface area contributed by atoms with Crippen molar-refractivity contribution in [1.82, 2.24) is 4.90 Å². The molecule has 2 aliphatic heterocycles. The monoisotopic (exact) mass is 459 g/mol. The molecule has 0 aliphatic carbocycles. The molecule has 33 heavy (non-hydrogen) atoms. The van der Waals surface area contributed by atoms with Gasteiger partial charge >= 0.3 is 12.1 Å². The van der Waals surface area contributed by atoms with E-state index in [1.165, 1.54) is 0 Å². The van der Waals surface area contributed by atoms with Gasteiger partial charge in [0.05, 0.1) is 24.8 Å². The molecule has 0 amide bonds. The van der Waals surface area contributed by atoms with Crippen molar-refractivity contribution in [1.29, 1.82) is 0 Å². The normalized spacial score (nSPS) is 24.2. The average molecular weight is 460 g/mol. The highest BCUT2D eigenvalue weighted by Crippen LogP contribution is 2.53. The molecule has 2 aliphatic rings. The maximum Gasteiger partial charge on any atom is 0.416 e. The fourth-order valence-electron chi connectivity index (χ4n) is 5.26. The summed E-state index contributed by atoms with van der Waals surface area (Å²) in [6.07, 6.45) is 0.266. The molecule has 0 aromatic heterocycles. The predicted molar refractivity (Wildman–Crippen MR) is 119 cm³/mol. The van der Waals surface area contributed by atoms with Crippen LogP contribution in [0, 0.1) is 0 Å². The summed E-state index contributed by atoms with van der Waals surface area (Å²) in [7, 11) is 1.62.